The number of nitrogens with zero attached hydrogens (tertiary/aromatic N) is 2. The van der Waals surface area contributed by atoms with E-state index in [1.54, 1.807) is 24.1 Å². The summed E-state index contributed by atoms with van der Waals surface area (Å²) in [5, 5.41) is 0.701. The largest absolute Gasteiger partial charge is 0.416 e. The Bertz CT molecular complexity index is 1190. The summed E-state index contributed by atoms with van der Waals surface area (Å²) in [6.07, 6.45) is -0.821. The van der Waals surface area contributed by atoms with E-state index in [2.05, 4.69) is 4.98 Å². The number of amides is 2. The van der Waals surface area contributed by atoms with Crippen LogP contribution in [0.2, 0.25) is 0 Å². The third-order valence-electron chi connectivity index (χ3n) is 6.98. The van der Waals surface area contributed by atoms with Crippen molar-refractivity contribution >= 4 is 33.2 Å². The molecule has 2 fully saturated rings. The van der Waals surface area contributed by atoms with Crippen LogP contribution in [0.5, 0.6) is 0 Å². The van der Waals surface area contributed by atoms with Crippen LogP contribution in [0.1, 0.15) is 44.1 Å². The number of likely N-dealkylation sites (tertiary alicyclic amines) is 2. The summed E-state index contributed by atoms with van der Waals surface area (Å²) in [7, 11) is 0. The van der Waals surface area contributed by atoms with Gasteiger partial charge in [-0.3, -0.25) is 9.59 Å². The Kier molecular flexibility index (Phi) is 5.47. The summed E-state index contributed by atoms with van der Waals surface area (Å²) in [6, 6.07) is 7.26. The lowest BCUT2D eigenvalue weighted by Gasteiger charge is -2.46. The molecule has 0 unspecified atom stereocenters. The molecule has 2 aliphatic heterocycles. The highest BCUT2D eigenvalue weighted by Gasteiger charge is 2.39. The number of rotatable bonds is 3. The maximum absolute atomic E-state index is 13.1. The maximum Gasteiger partial charge on any atom is 0.416 e. The predicted molar refractivity (Wildman–Crippen MR) is 120 cm³/mol. The highest BCUT2D eigenvalue weighted by molar-refractivity contribution is 7.21. The number of nitrogens with one attached hydrogen (secondary N) is 1. The number of hydrogen-bond donors (Lipinski definition) is 1. The standard InChI is InChI=1S/C24H24F3N3O2S/c1-14-18-5-4-17(24(25,26)27)11-20(18)33-21(14)23(32)30-12-16(13-30)15-6-9-29(10-7-15)22(31)19-3-2-8-28-19/h2-5,8,11,15-16,28H,6-7,9-10,12-13H2,1H3. The molecule has 0 bridgehead atoms. The van der Waals surface area contributed by atoms with E-state index in [1.165, 1.54) is 6.07 Å². The highest BCUT2D eigenvalue weighted by Crippen LogP contribution is 2.39. The van der Waals surface area contributed by atoms with Crippen molar-refractivity contribution in [3.05, 3.63) is 58.2 Å². The number of carbonyl (C=O) groups is 2. The molecule has 174 valence electrons. The molecule has 2 aliphatic rings. The number of piperidine rings is 1. The van der Waals surface area contributed by atoms with Crippen LogP contribution in [0, 0.1) is 18.8 Å². The number of aryl methyl sites for hydroxylation is 1. The van der Waals surface area contributed by atoms with Crippen LogP contribution >= 0.6 is 11.3 Å². The molecule has 0 spiro atoms. The lowest BCUT2D eigenvalue weighted by molar-refractivity contribution is -0.137. The van der Waals surface area contributed by atoms with E-state index in [1.807, 2.05) is 11.0 Å². The second-order valence-corrected chi connectivity index (χ2v) is 10.0. The van der Waals surface area contributed by atoms with Gasteiger partial charge in [0.2, 0.25) is 0 Å². The number of benzene rings is 1. The Morgan fingerprint density at radius 2 is 1.76 bits per heavy atom. The summed E-state index contributed by atoms with van der Waals surface area (Å²) in [5.74, 6) is 0.804. The second-order valence-electron chi connectivity index (χ2n) is 8.95. The van der Waals surface area contributed by atoms with Gasteiger partial charge in [0, 0.05) is 37.1 Å². The van der Waals surface area contributed by atoms with E-state index < -0.39 is 11.7 Å². The van der Waals surface area contributed by atoms with Crippen molar-refractivity contribution in [2.24, 2.45) is 11.8 Å². The molecule has 1 aromatic carbocycles. The maximum atomic E-state index is 13.1. The van der Waals surface area contributed by atoms with E-state index >= 15 is 0 Å². The first kappa shape index (κ1) is 22.0. The van der Waals surface area contributed by atoms with Gasteiger partial charge >= 0.3 is 6.18 Å². The molecular weight excluding hydrogens is 451 g/mol. The minimum atomic E-state index is -4.40. The average molecular weight is 476 g/mol. The van der Waals surface area contributed by atoms with E-state index in [9.17, 15) is 22.8 Å². The topological polar surface area (TPSA) is 56.4 Å². The van der Waals surface area contributed by atoms with Crippen molar-refractivity contribution in [3.63, 3.8) is 0 Å². The van der Waals surface area contributed by atoms with Crippen molar-refractivity contribution in [2.75, 3.05) is 26.2 Å². The molecule has 4 heterocycles. The van der Waals surface area contributed by atoms with Crippen LogP contribution in [-0.2, 0) is 6.18 Å². The summed E-state index contributed by atoms with van der Waals surface area (Å²) >= 11 is 1.14. The first-order valence-corrected chi connectivity index (χ1v) is 11.9. The van der Waals surface area contributed by atoms with Gasteiger partial charge in [0.05, 0.1) is 10.4 Å². The Morgan fingerprint density at radius 1 is 1.03 bits per heavy atom. The molecule has 0 aliphatic carbocycles. The number of aromatic nitrogens is 1. The molecule has 0 atom stereocenters. The van der Waals surface area contributed by atoms with Crippen molar-refractivity contribution in [3.8, 4) is 0 Å². The zero-order chi connectivity index (χ0) is 23.3. The van der Waals surface area contributed by atoms with Gasteiger partial charge in [-0.05, 0) is 66.8 Å². The fourth-order valence-electron chi connectivity index (χ4n) is 4.93. The molecule has 2 amide bonds. The van der Waals surface area contributed by atoms with Gasteiger partial charge in [0.25, 0.3) is 11.8 Å². The fourth-order valence-corrected chi connectivity index (χ4v) is 6.15. The summed E-state index contributed by atoms with van der Waals surface area (Å²) in [4.78, 5) is 32.7. The molecule has 5 nitrogen and oxygen atoms in total. The van der Waals surface area contributed by atoms with E-state index in [0.29, 0.717) is 58.7 Å². The first-order valence-electron chi connectivity index (χ1n) is 11.0. The number of H-pyrrole nitrogens is 1. The normalized spacial score (nSPS) is 18.1. The van der Waals surface area contributed by atoms with E-state index in [0.717, 1.165) is 41.9 Å². The predicted octanol–water partition coefficient (Wildman–Crippen LogP) is 5.18. The molecule has 0 saturated carbocycles. The number of fused-ring (bicyclic) bond motifs is 1. The summed E-state index contributed by atoms with van der Waals surface area (Å²) in [6.45, 7) is 4.55. The van der Waals surface area contributed by atoms with Crippen LogP contribution in [0.3, 0.4) is 0 Å². The Morgan fingerprint density at radius 3 is 2.39 bits per heavy atom. The Labute approximate surface area is 193 Å². The van der Waals surface area contributed by atoms with Crippen molar-refractivity contribution in [1.29, 1.82) is 0 Å². The number of alkyl halides is 3. The monoisotopic (exact) mass is 475 g/mol. The van der Waals surface area contributed by atoms with Gasteiger partial charge in [-0.15, -0.1) is 11.3 Å². The van der Waals surface area contributed by atoms with Crippen LogP contribution in [0.4, 0.5) is 13.2 Å². The molecule has 0 radical (unpaired) electrons. The Hall–Kier alpha value is -2.81. The van der Waals surface area contributed by atoms with Crippen LogP contribution in [-0.4, -0.2) is 52.8 Å². The van der Waals surface area contributed by atoms with Crippen molar-refractivity contribution < 1.29 is 22.8 Å². The van der Waals surface area contributed by atoms with Crippen molar-refractivity contribution in [1.82, 2.24) is 14.8 Å². The molecular formula is C24H24F3N3O2S. The second kappa shape index (κ2) is 8.20. The zero-order valence-electron chi connectivity index (χ0n) is 18.1. The molecule has 2 saturated heterocycles. The molecule has 9 heteroatoms. The number of thiophene rings is 1. The average Bonchev–Trinajstić information content (AvgIpc) is 3.40. The zero-order valence-corrected chi connectivity index (χ0v) is 18.9. The number of carbonyl (C=O) groups excluding carboxylic acids is 2. The molecule has 5 rings (SSSR count). The molecule has 3 aromatic rings. The quantitative estimate of drug-likeness (QED) is 0.568. The summed E-state index contributed by atoms with van der Waals surface area (Å²) in [5.41, 5.74) is 0.656. The lowest BCUT2D eigenvalue weighted by Crippen LogP contribution is -2.54. The summed E-state index contributed by atoms with van der Waals surface area (Å²) < 4.78 is 39.6. The lowest BCUT2D eigenvalue weighted by atomic mass is 9.79. The van der Waals surface area contributed by atoms with Crippen LogP contribution in [0.25, 0.3) is 10.1 Å². The van der Waals surface area contributed by atoms with Gasteiger partial charge < -0.3 is 14.8 Å². The third-order valence-corrected chi connectivity index (χ3v) is 8.22. The van der Waals surface area contributed by atoms with Crippen LogP contribution in [0.15, 0.2) is 36.5 Å². The first-order chi connectivity index (χ1) is 15.7. The minimum Gasteiger partial charge on any atom is -0.357 e. The molecule has 33 heavy (non-hydrogen) atoms. The van der Waals surface area contributed by atoms with Gasteiger partial charge in [-0.2, -0.15) is 13.2 Å². The molecule has 1 N–H and O–H groups in total. The van der Waals surface area contributed by atoms with E-state index in [4.69, 9.17) is 0 Å². The SMILES string of the molecule is Cc1c(C(=O)N2CC(C3CCN(C(=O)c4ccc[nH]4)CC3)C2)sc2cc(C(F)(F)F)ccc12. The third kappa shape index (κ3) is 4.03. The van der Waals surface area contributed by atoms with Gasteiger partial charge in [-0.25, -0.2) is 0 Å². The van der Waals surface area contributed by atoms with Gasteiger partial charge in [-0.1, -0.05) is 6.07 Å². The fraction of sp³-hybridized carbons (Fsp3) is 0.417. The van der Waals surface area contributed by atoms with Crippen LogP contribution < -0.4 is 0 Å². The number of hydrogen-bond acceptors (Lipinski definition) is 3. The minimum absolute atomic E-state index is 0.0257. The van der Waals surface area contributed by atoms with E-state index in [-0.39, 0.29) is 11.8 Å². The van der Waals surface area contributed by atoms with Crippen molar-refractivity contribution in [2.45, 2.75) is 25.9 Å². The van der Waals surface area contributed by atoms with Gasteiger partial charge in [0.1, 0.15) is 5.69 Å². The van der Waals surface area contributed by atoms with Gasteiger partial charge in [0.15, 0.2) is 0 Å². The Balaban J connectivity index is 1.19. The molecule has 2 aromatic heterocycles. The highest BCUT2D eigenvalue weighted by atomic mass is 32.1. The smallest absolute Gasteiger partial charge is 0.357 e. The number of aromatic amines is 1. The number of halogens is 3.